The monoisotopic (exact) mass is 411 g/mol. The van der Waals surface area contributed by atoms with E-state index in [0.29, 0.717) is 20.1 Å². The van der Waals surface area contributed by atoms with Gasteiger partial charge in [-0.05, 0) is 37.1 Å². The second-order valence-corrected chi connectivity index (χ2v) is 8.46. The van der Waals surface area contributed by atoms with Crippen LogP contribution in [-0.2, 0) is 4.79 Å². The van der Waals surface area contributed by atoms with Gasteiger partial charge in [-0.25, -0.2) is 0 Å². The first-order chi connectivity index (χ1) is 12.5. The number of ketones is 1. The first-order valence-corrected chi connectivity index (χ1v) is 10.8. The minimum Gasteiger partial charge on any atom is -0.300 e. The lowest BCUT2D eigenvalue weighted by Crippen LogP contribution is -2.22. The first-order valence-electron chi connectivity index (χ1n) is 8.59. The predicted octanol–water partition coefficient (Wildman–Crippen LogP) is 5.32. The van der Waals surface area contributed by atoms with Crippen molar-refractivity contribution in [3.8, 4) is 0 Å². The fourth-order valence-electron chi connectivity index (χ4n) is 2.34. The zero-order valence-corrected chi connectivity index (χ0v) is 17.2. The molecule has 0 aliphatic rings. The van der Waals surface area contributed by atoms with Crippen LogP contribution in [0.5, 0.6) is 0 Å². The maximum Gasteiger partial charge on any atom is 0.229 e. The number of carbonyl (C=O) groups is 2. The zero-order chi connectivity index (χ0) is 18.9. The maximum atomic E-state index is 12.3. The SMILES string of the molecule is CCCC[C@H](CC)C(=O)Nc1nnc(SCC(=O)c2ccc(Cl)cc2)s1. The molecule has 0 radical (unpaired) electrons. The molecule has 140 valence electrons. The van der Waals surface area contributed by atoms with E-state index in [1.54, 1.807) is 24.3 Å². The van der Waals surface area contributed by atoms with Gasteiger partial charge in [0.1, 0.15) is 0 Å². The number of unbranched alkanes of at least 4 members (excludes halogenated alkanes) is 1. The van der Waals surface area contributed by atoms with Gasteiger partial charge >= 0.3 is 0 Å². The molecular formula is C18H22ClN3O2S2. The van der Waals surface area contributed by atoms with Crippen LogP contribution in [0.2, 0.25) is 5.02 Å². The third-order valence-corrected chi connectivity index (χ3v) is 6.12. The Morgan fingerprint density at radius 1 is 1.23 bits per heavy atom. The number of rotatable bonds is 10. The number of halogens is 1. The van der Waals surface area contributed by atoms with Crippen LogP contribution in [0.4, 0.5) is 5.13 Å². The van der Waals surface area contributed by atoms with Gasteiger partial charge in [0.2, 0.25) is 11.0 Å². The Bertz CT molecular complexity index is 734. The number of hydrogen-bond acceptors (Lipinski definition) is 6. The summed E-state index contributed by atoms with van der Waals surface area (Å²) in [6.07, 6.45) is 3.80. The van der Waals surface area contributed by atoms with Crippen molar-refractivity contribution in [2.24, 2.45) is 5.92 Å². The topological polar surface area (TPSA) is 72.0 Å². The molecule has 0 saturated heterocycles. The fourth-order valence-corrected chi connectivity index (χ4v) is 4.12. The second kappa shape index (κ2) is 10.6. The summed E-state index contributed by atoms with van der Waals surface area (Å²) < 4.78 is 0.657. The number of hydrogen-bond donors (Lipinski definition) is 1. The summed E-state index contributed by atoms with van der Waals surface area (Å²) in [6, 6.07) is 6.80. The van der Waals surface area contributed by atoms with Gasteiger partial charge in [-0.2, -0.15) is 0 Å². The summed E-state index contributed by atoms with van der Waals surface area (Å²) in [7, 11) is 0. The van der Waals surface area contributed by atoms with E-state index in [2.05, 4.69) is 22.4 Å². The van der Waals surface area contributed by atoms with Crippen molar-refractivity contribution >= 4 is 51.5 Å². The van der Waals surface area contributed by atoms with Gasteiger partial charge < -0.3 is 5.32 Å². The molecule has 5 nitrogen and oxygen atoms in total. The van der Waals surface area contributed by atoms with Crippen molar-refractivity contribution in [3.05, 3.63) is 34.9 Å². The molecule has 1 atom stereocenters. The Morgan fingerprint density at radius 2 is 1.96 bits per heavy atom. The molecule has 0 fully saturated rings. The standard InChI is InChI=1S/C18H22ClN3O2S2/c1-3-5-6-12(4-2)16(24)20-17-21-22-18(26-17)25-11-15(23)13-7-9-14(19)10-8-13/h7-10,12H,3-6,11H2,1-2H3,(H,20,21,24)/t12-/m0/s1. The molecule has 0 unspecified atom stereocenters. The normalized spacial score (nSPS) is 12.0. The molecular weight excluding hydrogens is 390 g/mol. The van der Waals surface area contributed by atoms with Gasteiger partial charge in [-0.3, -0.25) is 9.59 Å². The minimum absolute atomic E-state index is 0.00133. The number of anilines is 1. The Balaban J connectivity index is 1.86. The smallest absolute Gasteiger partial charge is 0.229 e. The molecule has 0 saturated carbocycles. The van der Waals surface area contributed by atoms with Crippen LogP contribution >= 0.6 is 34.7 Å². The number of carbonyl (C=O) groups excluding carboxylic acids is 2. The number of Topliss-reactive ketones (excluding diaryl/α,β-unsaturated/α-hetero) is 1. The number of amides is 1. The summed E-state index contributed by atoms with van der Waals surface area (Å²) in [6.45, 7) is 4.13. The summed E-state index contributed by atoms with van der Waals surface area (Å²) in [4.78, 5) is 24.5. The number of benzene rings is 1. The molecule has 1 N–H and O–H groups in total. The lowest BCUT2D eigenvalue weighted by Gasteiger charge is -2.12. The van der Waals surface area contributed by atoms with Crippen molar-refractivity contribution < 1.29 is 9.59 Å². The van der Waals surface area contributed by atoms with Crippen LogP contribution in [0.3, 0.4) is 0 Å². The van der Waals surface area contributed by atoms with E-state index in [-0.39, 0.29) is 23.4 Å². The van der Waals surface area contributed by atoms with Gasteiger partial charge in [0.15, 0.2) is 10.1 Å². The minimum atomic E-state index is -0.00843. The highest BCUT2D eigenvalue weighted by molar-refractivity contribution is 8.01. The van der Waals surface area contributed by atoms with E-state index in [9.17, 15) is 9.59 Å². The van der Waals surface area contributed by atoms with Crippen LogP contribution in [0, 0.1) is 5.92 Å². The molecule has 0 aliphatic carbocycles. The number of aromatic nitrogens is 2. The van der Waals surface area contributed by atoms with E-state index in [1.807, 2.05) is 6.92 Å². The molecule has 26 heavy (non-hydrogen) atoms. The molecule has 1 aromatic heterocycles. The third kappa shape index (κ3) is 6.37. The summed E-state index contributed by atoms with van der Waals surface area (Å²) in [5.41, 5.74) is 0.613. The molecule has 0 bridgehead atoms. The highest BCUT2D eigenvalue weighted by Gasteiger charge is 2.18. The maximum absolute atomic E-state index is 12.3. The zero-order valence-electron chi connectivity index (χ0n) is 14.8. The Morgan fingerprint density at radius 3 is 2.62 bits per heavy atom. The second-order valence-electron chi connectivity index (χ2n) is 5.83. The van der Waals surface area contributed by atoms with Crippen molar-refractivity contribution in [2.45, 2.75) is 43.9 Å². The average molecular weight is 412 g/mol. The van der Waals surface area contributed by atoms with E-state index >= 15 is 0 Å². The van der Waals surface area contributed by atoms with Crippen LogP contribution < -0.4 is 5.32 Å². The van der Waals surface area contributed by atoms with Crippen LogP contribution in [0.25, 0.3) is 0 Å². The highest BCUT2D eigenvalue weighted by Crippen LogP contribution is 2.27. The molecule has 1 aromatic carbocycles. The Kier molecular flexibility index (Phi) is 8.54. The Hall–Kier alpha value is -1.44. The fraction of sp³-hybridized carbons (Fsp3) is 0.444. The van der Waals surface area contributed by atoms with E-state index in [4.69, 9.17) is 11.6 Å². The van der Waals surface area contributed by atoms with Gasteiger partial charge in [0.25, 0.3) is 0 Å². The van der Waals surface area contributed by atoms with Gasteiger partial charge in [-0.15, -0.1) is 10.2 Å². The quantitative estimate of drug-likeness (QED) is 0.325. The van der Waals surface area contributed by atoms with Crippen molar-refractivity contribution in [2.75, 3.05) is 11.1 Å². The van der Waals surface area contributed by atoms with Crippen molar-refractivity contribution in [3.63, 3.8) is 0 Å². The Labute approximate surface area is 166 Å². The number of nitrogens with one attached hydrogen (secondary N) is 1. The van der Waals surface area contributed by atoms with E-state index in [1.165, 1.54) is 23.1 Å². The number of thioether (sulfide) groups is 1. The predicted molar refractivity (Wildman–Crippen MR) is 108 cm³/mol. The van der Waals surface area contributed by atoms with Crippen LogP contribution in [-0.4, -0.2) is 27.6 Å². The van der Waals surface area contributed by atoms with Crippen molar-refractivity contribution in [1.29, 1.82) is 0 Å². The molecule has 1 heterocycles. The lowest BCUT2D eigenvalue weighted by molar-refractivity contribution is -0.120. The van der Waals surface area contributed by atoms with Gasteiger partial charge in [-0.1, -0.05) is 61.4 Å². The molecule has 2 aromatic rings. The van der Waals surface area contributed by atoms with Crippen LogP contribution in [0.15, 0.2) is 28.6 Å². The molecule has 2 rings (SSSR count). The highest BCUT2D eigenvalue weighted by atomic mass is 35.5. The molecule has 1 amide bonds. The van der Waals surface area contributed by atoms with Gasteiger partial charge in [0.05, 0.1) is 5.75 Å². The third-order valence-electron chi connectivity index (χ3n) is 3.90. The first kappa shape index (κ1) is 20.9. The molecule has 0 spiro atoms. The summed E-state index contributed by atoms with van der Waals surface area (Å²) >= 11 is 8.43. The van der Waals surface area contributed by atoms with E-state index in [0.717, 1.165) is 25.7 Å². The van der Waals surface area contributed by atoms with Gasteiger partial charge in [0, 0.05) is 16.5 Å². The summed E-state index contributed by atoms with van der Waals surface area (Å²) in [5, 5.41) is 12.0. The molecule has 0 aliphatic heterocycles. The molecule has 8 heteroatoms. The average Bonchev–Trinajstić information content (AvgIpc) is 3.08. The largest absolute Gasteiger partial charge is 0.300 e. The van der Waals surface area contributed by atoms with Crippen molar-refractivity contribution in [1.82, 2.24) is 10.2 Å². The van der Waals surface area contributed by atoms with E-state index < -0.39 is 0 Å². The lowest BCUT2D eigenvalue weighted by atomic mass is 9.99. The number of nitrogens with zero attached hydrogens (tertiary/aromatic N) is 2. The van der Waals surface area contributed by atoms with Crippen LogP contribution in [0.1, 0.15) is 49.9 Å². The summed E-state index contributed by atoms with van der Waals surface area (Å²) in [5.74, 6) is 0.253.